The fraction of sp³-hybridized carbons (Fsp3) is 0.500. The Balaban J connectivity index is 1.97. The second-order valence-corrected chi connectivity index (χ2v) is 9.87. The van der Waals surface area contributed by atoms with Gasteiger partial charge in [0, 0.05) is 18.7 Å². The van der Waals surface area contributed by atoms with E-state index in [1.54, 1.807) is 23.1 Å². The van der Waals surface area contributed by atoms with Gasteiger partial charge in [0.1, 0.15) is 17.3 Å². The van der Waals surface area contributed by atoms with Crippen LogP contribution in [0, 0.1) is 0 Å². The summed E-state index contributed by atoms with van der Waals surface area (Å²) in [5, 5.41) is 11.4. The molecule has 7 heteroatoms. The number of ketones is 1. The average Bonchev–Trinajstić information content (AvgIpc) is 3.21. The zero-order valence-electron chi connectivity index (χ0n) is 23.9. The van der Waals surface area contributed by atoms with Crippen LogP contribution in [-0.4, -0.2) is 66.0 Å². The van der Waals surface area contributed by atoms with E-state index in [1.807, 2.05) is 30.3 Å². The lowest BCUT2D eigenvalue weighted by Crippen LogP contribution is -2.38. The predicted octanol–water partition coefficient (Wildman–Crippen LogP) is 6.20. The van der Waals surface area contributed by atoms with Gasteiger partial charge in [-0.1, -0.05) is 71.2 Å². The number of rotatable bonds is 16. The van der Waals surface area contributed by atoms with E-state index in [9.17, 15) is 14.7 Å². The van der Waals surface area contributed by atoms with Gasteiger partial charge in [-0.2, -0.15) is 0 Å². The quantitative estimate of drug-likeness (QED) is 0.119. The van der Waals surface area contributed by atoms with Crippen LogP contribution in [0.4, 0.5) is 0 Å². The van der Waals surface area contributed by atoms with Crippen LogP contribution in [0.1, 0.15) is 77.0 Å². The SMILES string of the molecule is CCCCCOc1ccc(C2C(=C(O)c3cccc(OCCCC)c3)C(=O)C(=O)N2CCN(CC)CC)cc1. The molecule has 1 fully saturated rings. The number of benzene rings is 2. The molecule has 1 N–H and O–H groups in total. The average molecular weight is 537 g/mol. The molecule has 1 heterocycles. The Morgan fingerprint density at radius 3 is 2.21 bits per heavy atom. The summed E-state index contributed by atoms with van der Waals surface area (Å²) in [6.45, 7) is 12.3. The smallest absolute Gasteiger partial charge is 0.295 e. The summed E-state index contributed by atoms with van der Waals surface area (Å²) < 4.78 is 11.7. The van der Waals surface area contributed by atoms with Crippen molar-refractivity contribution < 1.29 is 24.2 Å². The summed E-state index contributed by atoms with van der Waals surface area (Å²) in [7, 11) is 0. The Labute approximate surface area is 233 Å². The van der Waals surface area contributed by atoms with Crippen molar-refractivity contribution in [2.75, 3.05) is 39.4 Å². The van der Waals surface area contributed by atoms with Gasteiger partial charge >= 0.3 is 0 Å². The molecule has 0 aliphatic carbocycles. The van der Waals surface area contributed by atoms with Crippen LogP contribution in [0.15, 0.2) is 54.1 Å². The molecule has 1 aliphatic rings. The highest BCUT2D eigenvalue weighted by Crippen LogP contribution is 2.40. The van der Waals surface area contributed by atoms with E-state index in [1.165, 1.54) is 0 Å². The molecule has 0 aromatic heterocycles. The minimum atomic E-state index is -0.695. The molecule has 0 bridgehead atoms. The number of aliphatic hydroxyl groups excluding tert-OH is 1. The molecule has 212 valence electrons. The van der Waals surface area contributed by atoms with Gasteiger partial charge in [0.25, 0.3) is 11.7 Å². The Hall–Kier alpha value is -3.32. The molecule has 0 radical (unpaired) electrons. The van der Waals surface area contributed by atoms with E-state index in [0.29, 0.717) is 37.6 Å². The van der Waals surface area contributed by atoms with Crippen molar-refractivity contribution in [3.63, 3.8) is 0 Å². The Morgan fingerprint density at radius 1 is 0.872 bits per heavy atom. The maximum atomic E-state index is 13.4. The van der Waals surface area contributed by atoms with Crippen LogP contribution in [0.2, 0.25) is 0 Å². The molecular formula is C32H44N2O5. The van der Waals surface area contributed by atoms with Crippen molar-refractivity contribution in [3.05, 3.63) is 65.2 Å². The standard InChI is InChI=1S/C32H44N2O5/c1-5-9-11-22-38-26-17-15-24(16-18-26)29-28(31(36)32(37)34(29)20-19-33(7-3)8-4)30(35)25-13-12-14-27(23-25)39-21-10-6-2/h12-18,23,29,35H,5-11,19-22H2,1-4H3. The lowest BCUT2D eigenvalue weighted by atomic mass is 9.95. The van der Waals surface area contributed by atoms with E-state index < -0.39 is 17.7 Å². The third kappa shape index (κ3) is 7.85. The van der Waals surface area contributed by atoms with Crippen LogP contribution >= 0.6 is 0 Å². The monoisotopic (exact) mass is 536 g/mol. The first kappa shape index (κ1) is 30.2. The Bertz CT molecular complexity index is 1110. The molecule has 1 unspecified atom stereocenters. The third-order valence-corrected chi connectivity index (χ3v) is 7.18. The fourth-order valence-electron chi connectivity index (χ4n) is 4.76. The largest absolute Gasteiger partial charge is 0.507 e. The highest BCUT2D eigenvalue weighted by Gasteiger charge is 2.46. The van der Waals surface area contributed by atoms with Crippen LogP contribution in [0.5, 0.6) is 11.5 Å². The first-order valence-corrected chi connectivity index (χ1v) is 14.4. The van der Waals surface area contributed by atoms with Crippen LogP contribution < -0.4 is 9.47 Å². The van der Waals surface area contributed by atoms with Gasteiger partial charge in [-0.15, -0.1) is 0 Å². The van der Waals surface area contributed by atoms with E-state index >= 15 is 0 Å². The molecule has 3 rings (SSSR count). The molecule has 1 aliphatic heterocycles. The van der Waals surface area contributed by atoms with Gasteiger partial charge < -0.3 is 24.4 Å². The second kappa shape index (κ2) is 15.3. The highest BCUT2D eigenvalue weighted by molar-refractivity contribution is 6.46. The minimum Gasteiger partial charge on any atom is -0.507 e. The van der Waals surface area contributed by atoms with Gasteiger partial charge in [-0.3, -0.25) is 9.59 Å². The molecular weight excluding hydrogens is 492 g/mol. The maximum Gasteiger partial charge on any atom is 0.295 e. The summed E-state index contributed by atoms with van der Waals surface area (Å²) in [5.41, 5.74) is 1.31. The molecule has 39 heavy (non-hydrogen) atoms. The molecule has 0 spiro atoms. The number of likely N-dealkylation sites (tertiary alicyclic amines) is 1. The summed E-state index contributed by atoms with van der Waals surface area (Å²) in [5.74, 6) is -0.0982. The number of unbranched alkanes of at least 4 members (excludes halogenated alkanes) is 3. The number of Topliss-reactive ketones (excluding diaryl/α,β-unsaturated/α-hetero) is 1. The molecule has 7 nitrogen and oxygen atoms in total. The fourth-order valence-corrected chi connectivity index (χ4v) is 4.76. The van der Waals surface area contributed by atoms with Crippen molar-refractivity contribution in [3.8, 4) is 11.5 Å². The van der Waals surface area contributed by atoms with Crippen molar-refractivity contribution in [2.45, 2.75) is 65.8 Å². The first-order valence-electron chi connectivity index (χ1n) is 14.4. The highest BCUT2D eigenvalue weighted by atomic mass is 16.5. The van der Waals surface area contributed by atoms with Gasteiger partial charge in [0.15, 0.2) is 0 Å². The molecule has 0 saturated carbocycles. The third-order valence-electron chi connectivity index (χ3n) is 7.18. The zero-order valence-corrected chi connectivity index (χ0v) is 23.9. The summed E-state index contributed by atoms with van der Waals surface area (Å²) >= 11 is 0. The van der Waals surface area contributed by atoms with E-state index in [4.69, 9.17) is 9.47 Å². The number of aliphatic hydroxyl groups is 1. The number of hydrogen-bond donors (Lipinski definition) is 1. The number of nitrogens with zero attached hydrogens (tertiary/aromatic N) is 2. The van der Waals surface area contributed by atoms with Gasteiger partial charge in [0.2, 0.25) is 0 Å². The van der Waals surface area contributed by atoms with Crippen molar-refractivity contribution in [2.24, 2.45) is 0 Å². The van der Waals surface area contributed by atoms with Gasteiger partial charge in [-0.05, 0) is 55.8 Å². The summed E-state index contributed by atoms with van der Waals surface area (Å²) in [6.07, 6.45) is 5.17. The molecule has 2 aromatic carbocycles. The minimum absolute atomic E-state index is 0.0990. The maximum absolute atomic E-state index is 13.4. The van der Waals surface area contributed by atoms with E-state index in [0.717, 1.165) is 56.5 Å². The molecule has 1 amide bonds. The van der Waals surface area contributed by atoms with Crippen LogP contribution in [-0.2, 0) is 9.59 Å². The van der Waals surface area contributed by atoms with Gasteiger partial charge in [-0.25, -0.2) is 0 Å². The number of amides is 1. The lowest BCUT2D eigenvalue weighted by molar-refractivity contribution is -0.140. The van der Waals surface area contributed by atoms with Crippen molar-refractivity contribution >= 4 is 17.4 Å². The van der Waals surface area contributed by atoms with Crippen molar-refractivity contribution in [1.82, 2.24) is 9.80 Å². The molecule has 1 saturated heterocycles. The Morgan fingerprint density at radius 2 is 1.54 bits per heavy atom. The second-order valence-electron chi connectivity index (χ2n) is 9.87. The number of carbonyl (C=O) groups excluding carboxylic acids is 2. The molecule has 1 atom stereocenters. The summed E-state index contributed by atoms with van der Waals surface area (Å²) in [6, 6.07) is 13.9. The predicted molar refractivity (Wildman–Crippen MR) is 155 cm³/mol. The van der Waals surface area contributed by atoms with Crippen molar-refractivity contribution in [1.29, 1.82) is 0 Å². The van der Waals surface area contributed by atoms with E-state index in [-0.39, 0.29) is 11.3 Å². The topological polar surface area (TPSA) is 79.3 Å². The van der Waals surface area contributed by atoms with Crippen LogP contribution in [0.3, 0.4) is 0 Å². The van der Waals surface area contributed by atoms with Crippen LogP contribution in [0.25, 0.3) is 5.76 Å². The number of hydrogen-bond acceptors (Lipinski definition) is 6. The zero-order chi connectivity index (χ0) is 28.2. The number of likely N-dealkylation sites (N-methyl/N-ethyl adjacent to an activating group) is 1. The molecule has 2 aromatic rings. The Kier molecular flexibility index (Phi) is 11.9. The summed E-state index contributed by atoms with van der Waals surface area (Å²) in [4.78, 5) is 30.5. The number of ether oxygens (including phenoxy) is 2. The normalized spacial score (nSPS) is 16.7. The van der Waals surface area contributed by atoms with Gasteiger partial charge in [0.05, 0.1) is 24.8 Å². The van der Waals surface area contributed by atoms with E-state index in [2.05, 4.69) is 32.6 Å². The lowest BCUT2D eigenvalue weighted by Gasteiger charge is -2.28. The first-order chi connectivity index (χ1) is 18.9. The number of carbonyl (C=O) groups is 2.